The number of amides is 1. The van der Waals surface area contributed by atoms with E-state index in [-0.39, 0.29) is 11.9 Å². The van der Waals surface area contributed by atoms with E-state index in [1.807, 2.05) is 31.5 Å². The van der Waals surface area contributed by atoms with Gasteiger partial charge in [0.1, 0.15) is 5.69 Å². The molecule has 0 spiro atoms. The molecule has 1 amide bonds. The lowest BCUT2D eigenvalue weighted by molar-refractivity contribution is 0.0756. The molecule has 4 nitrogen and oxygen atoms in total. The zero-order valence-electron chi connectivity index (χ0n) is 11.8. The molecule has 0 aromatic carbocycles. The Balaban J connectivity index is 2.15. The minimum absolute atomic E-state index is 0.0597. The van der Waals surface area contributed by atoms with Crippen LogP contribution in [-0.2, 0) is 6.54 Å². The number of thiophene rings is 1. The summed E-state index contributed by atoms with van der Waals surface area (Å²) in [6, 6.07) is 4.05. The average Bonchev–Trinajstić information content (AvgIpc) is 3.08. The highest BCUT2D eigenvalue weighted by molar-refractivity contribution is 7.07. The molecular formula is C15H19N3OS. The average molecular weight is 289 g/mol. The summed E-state index contributed by atoms with van der Waals surface area (Å²) in [5.41, 5.74) is 1.62. The van der Waals surface area contributed by atoms with Gasteiger partial charge in [-0.3, -0.25) is 9.48 Å². The maximum atomic E-state index is 12.5. The van der Waals surface area contributed by atoms with Gasteiger partial charge < -0.3 is 4.90 Å². The SMILES string of the molecule is C=CCN(Cc1ccsc1)C(=O)c1ccn(C(C)C)n1. The molecule has 2 rings (SSSR count). The first-order valence-electron chi connectivity index (χ1n) is 6.58. The maximum absolute atomic E-state index is 12.5. The van der Waals surface area contributed by atoms with Crippen LogP contribution in [0.25, 0.3) is 0 Å². The van der Waals surface area contributed by atoms with Crippen LogP contribution in [0.3, 0.4) is 0 Å². The second-order valence-corrected chi connectivity index (χ2v) is 5.66. The molecule has 0 unspecified atom stereocenters. The summed E-state index contributed by atoms with van der Waals surface area (Å²) in [4.78, 5) is 14.3. The van der Waals surface area contributed by atoms with E-state index in [4.69, 9.17) is 0 Å². The Morgan fingerprint density at radius 3 is 2.90 bits per heavy atom. The van der Waals surface area contributed by atoms with Crippen LogP contribution in [0, 0.1) is 0 Å². The van der Waals surface area contributed by atoms with Gasteiger partial charge in [0.15, 0.2) is 0 Å². The topological polar surface area (TPSA) is 38.1 Å². The molecule has 0 radical (unpaired) electrons. The molecule has 0 N–H and O–H groups in total. The quantitative estimate of drug-likeness (QED) is 0.765. The second-order valence-electron chi connectivity index (χ2n) is 4.88. The number of hydrogen-bond donors (Lipinski definition) is 0. The Kier molecular flexibility index (Phi) is 4.74. The zero-order valence-corrected chi connectivity index (χ0v) is 12.6. The first-order chi connectivity index (χ1) is 9.61. The molecule has 0 aliphatic rings. The molecule has 0 bridgehead atoms. The number of carbonyl (C=O) groups excluding carboxylic acids is 1. The second kappa shape index (κ2) is 6.52. The Labute approximate surface area is 123 Å². The smallest absolute Gasteiger partial charge is 0.274 e. The van der Waals surface area contributed by atoms with E-state index in [9.17, 15) is 4.79 Å². The summed E-state index contributed by atoms with van der Waals surface area (Å²) in [7, 11) is 0. The van der Waals surface area contributed by atoms with Gasteiger partial charge in [0.2, 0.25) is 0 Å². The van der Waals surface area contributed by atoms with Gasteiger partial charge in [-0.1, -0.05) is 6.08 Å². The van der Waals surface area contributed by atoms with E-state index in [2.05, 4.69) is 17.1 Å². The summed E-state index contributed by atoms with van der Waals surface area (Å²) >= 11 is 1.63. The fraction of sp³-hybridized carbons (Fsp3) is 0.333. The van der Waals surface area contributed by atoms with Gasteiger partial charge in [0.25, 0.3) is 5.91 Å². The zero-order chi connectivity index (χ0) is 14.5. The fourth-order valence-electron chi connectivity index (χ4n) is 1.88. The van der Waals surface area contributed by atoms with Crippen molar-refractivity contribution in [3.05, 3.63) is 53.0 Å². The van der Waals surface area contributed by atoms with Crippen LogP contribution < -0.4 is 0 Å². The predicted octanol–water partition coefficient (Wildman–Crippen LogP) is 3.35. The number of rotatable bonds is 6. The highest BCUT2D eigenvalue weighted by Gasteiger charge is 2.18. The Morgan fingerprint density at radius 1 is 1.55 bits per heavy atom. The number of carbonyl (C=O) groups is 1. The van der Waals surface area contributed by atoms with Gasteiger partial charge in [-0.15, -0.1) is 6.58 Å². The molecule has 20 heavy (non-hydrogen) atoms. The van der Waals surface area contributed by atoms with Gasteiger partial charge in [0.05, 0.1) is 0 Å². The van der Waals surface area contributed by atoms with E-state index in [1.165, 1.54) is 0 Å². The monoisotopic (exact) mass is 289 g/mol. The van der Waals surface area contributed by atoms with Crippen molar-refractivity contribution < 1.29 is 4.79 Å². The van der Waals surface area contributed by atoms with E-state index < -0.39 is 0 Å². The van der Waals surface area contributed by atoms with Crippen LogP contribution in [0.2, 0.25) is 0 Å². The van der Waals surface area contributed by atoms with Crippen molar-refractivity contribution in [2.75, 3.05) is 6.54 Å². The molecule has 106 valence electrons. The van der Waals surface area contributed by atoms with Crippen molar-refractivity contribution in [2.45, 2.75) is 26.4 Å². The molecule has 2 heterocycles. The van der Waals surface area contributed by atoms with Gasteiger partial charge in [-0.05, 0) is 42.3 Å². The first-order valence-corrected chi connectivity index (χ1v) is 7.52. The number of aromatic nitrogens is 2. The molecule has 0 saturated heterocycles. The van der Waals surface area contributed by atoms with E-state index in [1.54, 1.807) is 33.1 Å². The van der Waals surface area contributed by atoms with Crippen LogP contribution in [-0.4, -0.2) is 27.1 Å². The third-order valence-electron chi connectivity index (χ3n) is 2.95. The number of nitrogens with zero attached hydrogens (tertiary/aromatic N) is 3. The van der Waals surface area contributed by atoms with E-state index in [0.717, 1.165) is 5.56 Å². The Bertz CT molecular complexity index is 572. The van der Waals surface area contributed by atoms with E-state index in [0.29, 0.717) is 18.8 Å². The van der Waals surface area contributed by atoms with Gasteiger partial charge in [-0.25, -0.2) is 0 Å². The lowest BCUT2D eigenvalue weighted by Gasteiger charge is -2.19. The fourth-order valence-corrected chi connectivity index (χ4v) is 2.54. The van der Waals surface area contributed by atoms with Gasteiger partial charge in [-0.2, -0.15) is 16.4 Å². The lowest BCUT2D eigenvalue weighted by atomic mass is 10.3. The van der Waals surface area contributed by atoms with Crippen LogP contribution >= 0.6 is 11.3 Å². The summed E-state index contributed by atoms with van der Waals surface area (Å²) in [5.74, 6) is -0.0597. The number of hydrogen-bond acceptors (Lipinski definition) is 3. The molecule has 2 aromatic rings. The van der Waals surface area contributed by atoms with Crippen molar-refractivity contribution in [3.8, 4) is 0 Å². The lowest BCUT2D eigenvalue weighted by Crippen LogP contribution is -2.31. The molecular weight excluding hydrogens is 270 g/mol. The molecule has 2 aromatic heterocycles. The van der Waals surface area contributed by atoms with Gasteiger partial charge >= 0.3 is 0 Å². The largest absolute Gasteiger partial charge is 0.329 e. The Hall–Kier alpha value is -1.88. The third-order valence-corrected chi connectivity index (χ3v) is 3.68. The highest BCUT2D eigenvalue weighted by atomic mass is 32.1. The molecule has 0 fully saturated rings. The van der Waals surface area contributed by atoms with Crippen LogP contribution in [0.15, 0.2) is 41.7 Å². The van der Waals surface area contributed by atoms with Crippen LogP contribution in [0.5, 0.6) is 0 Å². The van der Waals surface area contributed by atoms with Crippen LogP contribution in [0.4, 0.5) is 0 Å². The molecule has 0 aliphatic heterocycles. The molecule has 0 saturated carbocycles. The summed E-state index contributed by atoms with van der Waals surface area (Å²) in [5, 5.41) is 8.40. The summed E-state index contributed by atoms with van der Waals surface area (Å²) in [6.45, 7) is 8.90. The Morgan fingerprint density at radius 2 is 2.35 bits per heavy atom. The third kappa shape index (κ3) is 3.36. The highest BCUT2D eigenvalue weighted by Crippen LogP contribution is 2.13. The van der Waals surface area contributed by atoms with Gasteiger partial charge in [0, 0.05) is 25.3 Å². The normalized spacial score (nSPS) is 10.8. The van der Waals surface area contributed by atoms with Crippen molar-refractivity contribution in [3.63, 3.8) is 0 Å². The maximum Gasteiger partial charge on any atom is 0.274 e. The minimum atomic E-state index is -0.0597. The summed E-state index contributed by atoms with van der Waals surface area (Å²) in [6.07, 6.45) is 3.58. The molecule has 5 heteroatoms. The first kappa shape index (κ1) is 14.5. The minimum Gasteiger partial charge on any atom is -0.329 e. The predicted molar refractivity (Wildman–Crippen MR) is 81.9 cm³/mol. The van der Waals surface area contributed by atoms with Crippen molar-refractivity contribution in [2.24, 2.45) is 0 Å². The van der Waals surface area contributed by atoms with Crippen molar-refractivity contribution in [1.82, 2.24) is 14.7 Å². The summed E-state index contributed by atoms with van der Waals surface area (Å²) < 4.78 is 1.80. The van der Waals surface area contributed by atoms with Crippen LogP contribution in [0.1, 0.15) is 35.9 Å². The molecule has 0 aliphatic carbocycles. The molecule has 0 atom stereocenters. The van der Waals surface area contributed by atoms with E-state index >= 15 is 0 Å². The van der Waals surface area contributed by atoms with Crippen molar-refractivity contribution >= 4 is 17.2 Å². The standard InChI is InChI=1S/C15H19N3OS/c1-4-7-17(10-13-6-9-20-11-13)15(19)14-5-8-18(16-14)12(2)3/h4-6,8-9,11-12H,1,7,10H2,2-3H3. The van der Waals surface area contributed by atoms with Crippen molar-refractivity contribution in [1.29, 1.82) is 0 Å².